The molecule has 0 aromatic rings. The van der Waals surface area contributed by atoms with Crippen LogP contribution in [0.15, 0.2) is 0 Å². The van der Waals surface area contributed by atoms with Gasteiger partial charge in [0.25, 0.3) is 0 Å². The lowest BCUT2D eigenvalue weighted by atomic mass is 10.1. The van der Waals surface area contributed by atoms with E-state index in [0.29, 0.717) is 0 Å². The molecule has 0 aliphatic heterocycles. The molecule has 0 saturated heterocycles. The molecule has 2 atom stereocenters. The van der Waals surface area contributed by atoms with E-state index in [0.717, 1.165) is 12.8 Å². The van der Waals surface area contributed by atoms with Crippen molar-refractivity contribution < 1.29 is 9.90 Å². The third kappa shape index (κ3) is 6.95. The molecule has 0 heterocycles. The van der Waals surface area contributed by atoms with Crippen molar-refractivity contribution >= 4 is 5.91 Å². The smallest absolute Gasteiger partial charge is 0.237 e. The highest BCUT2D eigenvalue weighted by molar-refractivity contribution is 5.81. The SMILES string of the molecule is C#CCNC(=O)C(C)NC(C)CCCO. The Kier molecular flexibility index (Phi) is 7.69. The van der Waals surface area contributed by atoms with E-state index in [9.17, 15) is 4.79 Å². The van der Waals surface area contributed by atoms with Gasteiger partial charge in [-0.3, -0.25) is 4.79 Å². The van der Waals surface area contributed by atoms with Crippen LogP contribution < -0.4 is 10.6 Å². The van der Waals surface area contributed by atoms with E-state index in [2.05, 4.69) is 16.6 Å². The first-order valence-electron chi connectivity index (χ1n) is 5.20. The summed E-state index contributed by atoms with van der Waals surface area (Å²) in [6.07, 6.45) is 6.62. The zero-order valence-electron chi connectivity index (χ0n) is 9.42. The van der Waals surface area contributed by atoms with Gasteiger partial charge in [0.15, 0.2) is 0 Å². The number of carbonyl (C=O) groups excluding carboxylic acids is 1. The Balaban J connectivity index is 3.75. The zero-order chi connectivity index (χ0) is 11.7. The molecule has 4 nitrogen and oxygen atoms in total. The number of aliphatic hydroxyl groups excluding tert-OH is 1. The number of hydrogen-bond acceptors (Lipinski definition) is 3. The predicted molar refractivity (Wildman–Crippen MR) is 60.2 cm³/mol. The number of aliphatic hydroxyl groups is 1. The van der Waals surface area contributed by atoms with Gasteiger partial charge in [0, 0.05) is 12.6 Å². The highest BCUT2D eigenvalue weighted by Crippen LogP contribution is 1.97. The van der Waals surface area contributed by atoms with Crippen LogP contribution in [-0.2, 0) is 4.79 Å². The molecule has 0 rings (SSSR count). The summed E-state index contributed by atoms with van der Waals surface area (Å²) in [5.41, 5.74) is 0. The van der Waals surface area contributed by atoms with Crippen molar-refractivity contribution in [3.8, 4) is 12.3 Å². The second-order valence-electron chi connectivity index (χ2n) is 3.58. The van der Waals surface area contributed by atoms with Crippen molar-refractivity contribution in [1.29, 1.82) is 0 Å². The number of rotatable bonds is 7. The van der Waals surface area contributed by atoms with E-state index >= 15 is 0 Å². The largest absolute Gasteiger partial charge is 0.396 e. The van der Waals surface area contributed by atoms with Crippen LogP contribution in [0.1, 0.15) is 26.7 Å². The number of terminal acetylenes is 1. The first-order chi connectivity index (χ1) is 7.11. The van der Waals surface area contributed by atoms with Crippen LogP contribution in [0.3, 0.4) is 0 Å². The van der Waals surface area contributed by atoms with Gasteiger partial charge in [0.1, 0.15) is 0 Å². The quantitative estimate of drug-likeness (QED) is 0.515. The molecule has 4 heteroatoms. The molecule has 0 aromatic carbocycles. The van der Waals surface area contributed by atoms with Crippen molar-refractivity contribution in [2.45, 2.75) is 38.8 Å². The summed E-state index contributed by atoms with van der Waals surface area (Å²) in [6, 6.07) is -0.0456. The van der Waals surface area contributed by atoms with E-state index in [-0.39, 0.29) is 31.1 Å². The number of hydrogen-bond donors (Lipinski definition) is 3. The molecule has 3 N–H and O–H groups in total. The lowest BCUT2D eigenvalue weighted by molar-refractivity contribution is -0.122. The maximum atomic E-state index is 11.4. The van der Waals surface area contributed by atoms with E-state index in [4.69, 9.17) is 11.5 Å². The third-order valence-electron chi connectivity index (χ3n) is 2.09. The average molecular weight is 212 g/mol. The van der Waals surface area contributed by atoms with E-state index < -0.39 is 0 Å². The molecule has 15 heavy (non-hydrogen) atoms. The Hall–Kier alpha value is -1.05. The molecule has 0 aliphatic carbocycles. The first kappa shape index (κ1) is 13.9. The monoisotopic (exact) mass is 212 g/mol. The van der Waals surface area contributed by atoms with Crippen LogP contribution in [0, 0.1) is 12.3 Å². The van der Waals surface area contributed by atoms with Crippen molar-refractivity contribution in [2.24, 2.45) is 0 Å². The lowest BCUT2D eigenvalue weighted by Gasteiger charge is -2.18. The molecule has 86 valence electrons. The molecule has 0 bridgehead atoms. The molecule has 1 amide bonds. The van der Waals surface area contributed by atoms with Gasteiger partial charge in [-0.05, 0) is 26.7 Å². The van der Waals surface area contributed by atoms with Crippen molar-refractivity contribution in [1.82, 2.24) is 10.6 Å². The minimum atomic E-state index is -0.257. The van der Waals surface area contributed by atoms with Gasteiger partial charge < -0.3 is 15.7 Å². The molecular formula is C11H20N2O2. The molecule has 2 unspecified atom stereocenters. The summed E-state index contributed by atoms with van der Waals surface area (Å²) in [5.74, 6) is 2.25. The maximum absolute atomic E-state index is 11.4. The fourth-order valence-electron chi connectivity index (χ4n) is 1.27. The van der Waals surface area contributed by atoms with Gasteiger partial charge >= 0.3 is 0 Å². The minimum absolute atomic E-state index is 0.0937. The number of amides is 1. The maximum Gasteiger partial charge on any atom is 0.237 e. The van der Waals surface area contributed by atoms with Gasteiger partial charge in [-0.25, -0.2) is 0 Å². The third-order valence-corrected chi connectivity index (χ3v) is 2.09. The summed E-state index contributed by atoms with van der Waals surface area (Å²) >= 11 is 0. The standard InChI is InChI=1S/C11H20N2O2/c1-4-7-12-11(15)10(3)13-9(2)6-5-8-14/h1,9-10,13-14H,5-8H2,2-3H3,(H,12,15). The Morgan fingerprint density at radius 2 is 2.20 bits per heavy atom. The van der Waals surface area contributed by atoms with Crippen LogP contribution in [0.2, 0.25) is 0 Å². The van der Waals surface area contributed by atoms with Crippen LogP contribution in [0.4, 0.5) is 0 Å². The van der Waals surface area contributed by atoms with Gasteiger partial charge in [0.2, 0.25) is 5.91 Å². The van der Waals surface area contributed by atoms with Crippen LogP contribution in [0.25, 0.3) is 0 Å². The average Bonchev–Trinajstić information content (AvgIpc) is 2.22. The summed E-state index contributed by atoms with van der Waals surface area (Å²) < 4.78 is 0. The topological polar surface area (TPSA) is 61.4 Å². The summed E-state index contributed by atoms with van der Waals surface area (Å²) in [4.78, 5) is 11.4. The summed E-state index contributed by atoms with van der Waals surface area (Å²) in [6.45, 7) is 4.22. The van der Waals surface area contributed by atoms with Crippen LogP contribution >= 0.6 is 0 Å². The lowest BCUT2D eigenvalue weighted by Crippen LogP contribution is -2.45. The molecule has 0 saturated carbocycles. The minimum Gasteiger partial charge on any atom is -0.396 e. The van der Waals surface area contributed by atoms with Gasteiger partial charge in [0.05, 0.1) is 12.6 Å². The van der Waals surface area contributed by atoms with Gasteiger partial charge in [-0.1, -0.05) is 5.92 Å². The Morgan fingerprint density at radius 1 is 1.53 bits per heavy atom. The van der Waals surface area contributed by atoms with Crippen LogP contribution in [-0.4, -0.2) is 36.2 Å². The first-order valence-corrected chi connectivity index (χ1v) is 5.20. The Bertz CT molecular complexity index is 223. The van der Waals surface area contributed by atoms with Gasteiger partial charge in [-0.15, -0.1) is 6.42 Å². The molecule has 0 spiro atoms. The molecular weight excluding hydrogens is 192 g/mol. The predicted octanol–water partition coefficient (Wildman–Crippen LogP) is -0.125. The molecule has 0 aliphatic rings. The van der Waals surface area contributed by atoms with Crippen molar-refractivity contribution in [3.05, 3.63) is 0 Å². The van der Waals surface area contributed by atoms with E-state index in [1.807, 2.05) is 6.92 Å². The number of carbonyl (C=O) groups is 1. The van der Waals surface area contributed by atoms with E-state index in [1.165, 1.54) is 0 Å². The number of nitrogens with one attached hydrogen (secondary N) is 2. The highest BCUT2D eigenvalue weighted by atomic mass is 16.2. The Morgan fingerprint density at radius 3 is 2.73 bits per heavy atom. The van der Waals surface area contributed by atoms with Crippen molar-refractivity contribution in [2.75, 3.05) is 13.2 Å². The normalized spacial score (nSPS) is 14.0. The van der Waals surface area contributed by atoms with Crippen molar-refractivity contribution in [3.63, 3.8) is 0 Å². The molecule has 0 radical (unpaired) electrons. The zero-order valence-corrected chi connectivity index (χ0v) is 9.42. The summed E-state index contributed by atoms with van der Waals surface area (Å²) in [7, 11) is 0. The second-order valence-corrected chi connectivity index (χ2v) is 3.58. The van der Waals surface area contributed by atoms with Crippen LogP contribution in [0.5, 0.6) is 0 Å². The van der Waals surface area contributed by atoms with Gasteiger partial charge in [-0.2, -0.15) is 0 Å². The highest BCUT2D eigenvalue weighted by Gasteiger charge is 2.13. The Labute approximate surface area is 91.4 Å². The molecule has 0 aromatic heterocycles. The fourth-order valence-corrected chi connectivity index (χ4v) is 1.27. The second kappa shape index (κ2) is 8.27. The summed E-state index contributed by atoms with van der Waals surface area (Å²) in [5, 5.41) is 14.4. The molecule has 0 fully saturated rings. The fraction of sp³-hybridized carbons (Fsp3) is 0.727. The van der Waals surface area contributed by atoms with E-state index in [1.54, 1.807) is 6.92 Å².